The Labute approximate surface area is 133 Å². The molecule has 1 fully saturated rings. The first-order valence-corrected chi connectivity index (χ1v) is 8.38. The van der Waals surface area contributed by atoms with Crippen LogP contribution < -0.4 is 11.1 Å². The summed E-state index contributed by atoms with van der Waals surface area (Å²) in [7, 11) is 0. The largest absolute Gasteiger partial charge is 0.376 e. The van der Waals surface area contributed by atoms with Crippen LogP contribution in [0.4, 0.5) is 0 Å². The smallest absolute Gasteiger partial charge is 0.224 e. The molecular formula is C18H28N2O2. The van der Waals surface area contributed by atoms with Crippen LogP contribution >= 0.6 is 0 Å². The Morgan fingerprint density at radius 3 is 2.64 bits per heavy atom. The normalized spacial score (nSPS) is 18.6. The van der Waals surface area contributed by atoms with Gasteiger partial charge in [0.2, 0.25) is 5.91 Å². The molecule has 2 unspecified atom stereocenters. The van der Waals surface area contributed by atoms with Gasteiger partial charge in [-0.3, -0.25) is 4.79 Å². The molecule has 0 radical (unpaired) electrons. The van der Waals surface area contributed by atoms with Gasteiger partial charge in [0.15, 0.2) is 0 Å². The number of nitrogens with two attached hydrogens (primary N) is 1. The Kier molecular flexibility index (Phi) is 6.87. The number of rotatable bonds is 7. The highest BCUT2D eigenvalue weighted by Gasteiger charge is 2.21. The van der Waals surface area contributed by atoms with Gasteiger partial charge in [-0.25, -0.2) is 0 Å². The maximum Gasteiger partial charge on any atom is 0.224 e. The third-order valence-corrected chi connectivity index (χ3v) is 4.44. The number of nitrogens with one attached hydrogen (secondary N) is 1. The second-order valence-corrected chi connectivity index (χ2v) is 6.15. The van der Waals surface area contributed by atoms with Gasteiger partial charge < -0.3 is 15.8 Å². The van der Waals surface area contributed by atoms with Gasteiger partial charge in [0.05, 0.1) is 18.6 Å². The lowest BCUT2D eigenvalue weighted by Crippen LogP contribution is -2.37. The summed E-state index contributed by atoms with van der Waals surface area (Å²) in [4.78, 5) is 12.2. The number of ether oxygens (including phenoxy) is 1. The lowest BCUT2D eigenvalue weighted by molar-refractivity contribution is -0.125. The highest BCUT2D eigenvalue weighted by Crippen LogP contribution is 2.20. The summed E-state index contributed by atoms with van der Waals surface area (Å²) in [6, 6.07) is 9.47. The fourth-order valence-electron chi connectivity index (χ4n) is 2.92. The summed E-state index contributed by atoms with van der Waals surface area (Å²) in [6.07, 6.45) is 6.55. The van der Waals surface area contributed by atoms with E-state index in [1.807, 2.05) is 37.3 Å². The van der Waals surface area contributed by atoms with E-state index in [1.165, 1.54) is 19.3 Å². The standard InChI is InChI=1S/C18H28N2O2/c1-14(17(19)15-8-4-2-5-9-15)18(21)20-12-13-22-16-10-6-3-7-11-16/h2,4-5,8-9,14,16-17H,3,6-7,10-13,19H2,1H3,(H,20,21). The van der Waals surface area contributed by atoms with E-state index in [2.05, 4.69) is 5.32 Å². The second-order valence-electron chi connectivity index (χ2n) is 6.15. The zero-order valence-electron chi connectivity index (χ0n) is 13.5. The van der Waals surface area contributed by atoms with E-state index in [9.17, 15) is 4.79 Å². The van der Waals surface area contributed by atoms with E-state index in [-0.39, 0.29) is 17.9 Å². The molecule has 2 atom stereocenters. The minimum absolute atomic E-state index is 0.0106. The summed E-state index contributed by atoms with van der Waals surface area (Å²) in [5, 5.41) is 2.93. The molecule has 1 amide bonds. The number of carbonyl (C=O) groups is 1. The topological polar surface area (TPSA) is 64.3 Å². The van der Waals surface area contributed by atoms with E-state index < -0.39 is 0 Å². The predicted molar refractivity (Wildman–Crippen MR) is 88.4 cm³/mol. The maximum absolute atomic E-state index is 12.2. The van der Waals surface area contributed by atoms with Gasteiger partial charge in [-0.05, 0) is 18.4 Å². The van der Waals surface area contributed by atoms with Gasteiger partial charge in [-0.2, -0.15) is 0 Å². The molecule has 1 saturated carbocycles. The predicted octanol–water partition coefficient (Wildman–Crippen LogP) is 2.79. The van der Waals surface area contributed by atoms with Crippen molar-refractivity contribution in [3.63, 3.8) is 0 Å². The molecule has 3 N–H and O–H groups in total. The van der Waals surface area contributed by atoms with Crippen molar-refractivity contribution < 1.29 is 9.53 Å². The fraction of sp³-hybridized carbons (Fsp3) is 0.611. The summed E-state index contributed by atoms with van der Waals surface area (Å²) in [5.74, 6) is -0.263. The van der Waals surface area contributed by atoms with Gasteiger partial charge in [-0.15, -0.1) is 0 Å². The van der Waals surface area contributed by atoms with Crippen molar-refractivity contribution in [2.24, 2.45) is 11.7 Å². The van der Waals surface area contributed by atoms with E-state index in [0.29, 0.717) is 19.3 Å². The first kappa shape index (κ1) is 17.0. The summed E-state index contributed by atoms with van der Waals surface area (Å²) < 4.78 is 5.81. The highest BCUT2D eigenvalue weighted by molar-refractivity contribution is 5.79. The van der Waals surface area contributed by atoms with E-state index in [0.717, 1.165) is 18.4 Å². The van der Waals surface area contributed by atoms with Crippen molar-refractivity contribution in [1.82, 2.24) is 5.32 Å². The molecular weight excluding hydrogens is 276 g/mol. The molecule has 1 aromatic rings. The van der Waals surface area contributed by atoms with E-state index >= 15 is 0 Å². The van der Waals surface area contributed by atoms with Crippen LogP contribution in [0.1, 0.15) is 50.6 Å². The molecule has 1 aliphatic carbocycles. The van der Waals surface area contributed by atoms with Crippen molar-refractivity contribution in [3.8, 4) is 0 Å². The first-order valence-electron chi connectivity index (χ1n) is 8.38. The maximum atomic E-state index is 12.2. The Bertz CT molecular complexity index is 444. The molecule has 0 heterocycles. The van der Waals surface area contributed by atoms with Crippen LogP contribution in [0.25, 0.3) is 0 Å². The Balaban J connectivity index is 1.67. The Morgan fingerprint density at radius 2 is 1.95 bits per heavy atom. The van der Waals surface area contributed by atoms with Crippen LogP contribution in [-0.4, -0.2) is 25.2 Å². The van der Waals surface area contributed by atoms with E-state index in [4.69, 9.17) is 10.5 Å². The number of benzene rings is 1. The van der Waals surface area contributed by atoms with Gasteiger partial charge in [-0.1, -0.05) is 56.5 Å². The third kappa shape index (κ3) is 5.11. The summed E-state index contributed by atoms with van der Waals surface area (Å²) >= 11 is 0. The number of hydrogen-bond donors (Lipinski definition) is 2. The minimum Gasteiger partial charge on any atom is -0.376 e. The molecule has 0 saturated heterocycles. The molecule has 122 valence electrons. The lowest BCUT2D eigenvalue weighted by Gasteiger charge is -2.23. The monoisotopic (exact) mass is 304 g/mol. The molecule has 1 aromatic carbocycles. The van der Waals surface area contributed by atoms with Crippen molar-refractivity contribution in [3.05, 3.63) is 35.9 Å². The van der Waals surface area contributed by atoms with Crippen molar-refractivity contribution in [2.45, 2.75) is 51.2 Å². The SMILES string of the molecule is CC(C(=O)NCCOC1CCCCC1)C(N)c1ccccc1. The highest BCUT2D eigenvalue weighted by atomic mass is 16.5. The van der Waals surface area contributed by atoms with Gasteiger partial charge in [0.1, 0.15) is 0 Å². The summed E-state index contributed by atoms with van der Waals surface area (Å²) in [5.41, 5.74) is 7.16. The van der Waals surface area contributed by atoms with Crippen molar-refractivity contribution in [1.29, 1.82) is 0 Å². The van der Waals surface area contributed by atoms with Crippen LogP contribution in [0.5, 0.6) is 0 Å². The average molecular weight is 304 g/mol. The van der Waals surface area contributed by atoms with Gasteiger partial charge in [0.25, 0.3) is 0 Å². The van der Waals surface area contributed by atoms with Crippen LogP contribution in [0.3, 0.4) is 0 Å². The van der Waals surface area contributed by atoms with Crippen molar-refractivity contribution in [2.75, 3.05) is 13.2 Å². The van der Waals surface area contributed by atoms with Crippen LogP contribution in [0.2, 0.25) is 0 Å². The molecule has 0 aliphatic heterocycles. The molecule has 2 rings (SSSR count). The van der Waals surface area contributed by atoms with Gasteiger partial charge in [0, 0.05) is 12.6 Å². The minimum atomic E-state index is -0.277. The van der Waals surface area contributed by atoms with Crippen LogP contribution in [0, 0.1) is 5.92 Å². The molecule has 22 heavy (non-hydrogen) atoms. The average Bonchev–Trinajstić information content (AvgIpc) is 2.59. The Morgan fingerprint density at radius 1 is 1.27 bits per heavy atom. The summed E-state index contributed by atoms with van der Waals surface area (Å²) in [6.45, 7) is 3.01. The molecule has 0 aromatic heterocycles. The molecule has 4 nitrogen and oxygen atoms in total. The van der Waals surface area contributed by atoms with Crippen LogP contribution in [-0.2, 0) is 9.53 Å². The number of amides is 1. The Hall–Kier alpha value is -1.39. The molecule has 1 aliphatic rings. The fourth-order valence-corrected chi connectivity index (χ4v) is 2.92. The second kappa shape index (κ2) is 8.91. The van der Waals surface area contributed by atoms with Crippen molar-refractivity contribution >= 4 is 5.91 Å². The molecule has 0 spiro atoms. The number of carbonyl (C=O) groups excluding carboxylic acids is 1. The van der Waals surface area contributed by atoms with Crippen LogP contribution in [0.15, 0.2) is 30.3 Å². The molecule has 4 heteroatoms. The zero-order chi connectivity index (χ0) is 15.8. The molecule has 0 bridgehead atoms. The van der Waals surface area contributed by atoms with E-state index in [1.54, 1.807) is 0 Å². The number of hydrogen-bond acceptors (Lipinski definition) is 3. The quantitative estimate of drug-likeness (QED) is 0.761. The third-order valence-electron chi connectivity index (χ3n) is 4.44. The zero-order valence-corrected chi connectivity index (χ0v) is 13.5. The lowest BCUT2D eigenvalue weighted by atomic mass is 9.95. The van der Waals surface area contributed by atoms with Gasteiger partial charge >= 0.3 is 0 Å². The first-order chi connectivity index (χ1) is 10.7.